The van der Waals surface area contributed by atoms with Crippen molar-refractivity contribution in [3.05, 3.63) is 24.4 Å². The van der Waals surface area contributed by atoms with Gasteiger partial charge in [-0.2, -0.15) is 0 Å². The molecule has 0 unspecified atom stereocenters. The van der Waals surface area contributed by atoms with Gasteiger partial charge in [-0.15, -0.1) is 24.0 Å². The second kappa shape index (κ2) is 16.8. The summed E-state index contributed by atoms with van der Waals surface area (Å²) in [4.78, 5) is 11.5. The number of guanidine groups is 1. The minimum absolute atomic E-state index is 0. The van der Waals surface area contributed by atoms with Gasteiger partial charge in [0.2, 0.25) is 0 Å². The fourth-order valence-corrected chi connectivity index (χ4v) is 3.04. The normalized spacial score (nSPS) is 11.6. The number of nitrogens with zero attached hydrogens (tertiary/aromatic N) is 3. The molecule has 0 fully saturated rings. The molecule has 0 amide bonds. The number of hydrogen-bond acceptors (Lipinski definition) is 4. The van der Waals surface area contributed by atoms with Gasteiger partial charge in [-0.1, -0.05) is 6.07 Å². The Morgan fingerprint density at radius 3 is 2.36 bits per heavy atom. The van der Waals surface area contributed by atoms with Crippen molar-refractivity contribution in [1.29, 1.82) is 0 Å². The molecule has 6 nitrogen and oxygen atoms in total. The third-order valence-corrected chi connectivity index (χ3v) is 4.38. The maximum absolute atomic E-state index is 4.71. The molecule has 0 atom stereocenters. The lowest BCUT2D eigenvalue weighted by atomic mass is 10.2. The molecule has 0 radical (unpaired) electrons. The molecule has 3 N–H and O–H groups in total. The van der Waals surface area contributed by atoms with E-state index in [1.807, 2.05) is 24.4 Å². The Morgan fingerprint density at radius 2 is 1.75 bits per heavy atom. The van der Waals surface area contributed by atoms with Crippen molar-refractivity contribution in [2.45, 2.75) is 66.0 Å². The average Bonchev–Trinajstić information content (AvgIpc) is 2.64. The zero-order valence-electron chi connectivity index (χ0n) is 18.4. The minimum atomic E-state index is 0. The zero-order valence-corrected chi connectivity index (χ0v) is 20.7. The molecular weight excluding hydrogens is 463 g/mol. The van der Waals surface area contributed by atoms with E-state index in [4.69, 9.17) is 4.99 Å². The van der Waals surface area contributed by atoms with Crippen LogP contribution in [0.1, 0.15) is 53.9 Å². The Labute approximate surface area is 189 Å². The van der Waals surface area contributed by atoms with Crippen molar-refractivity contribution in [1.82, 2.24) is 20.5 Å². The van der Waals surface area contributed by atoms with Gasteiger partial charge < -0.3 is 16.0 Å². The van der Waals surface area contributed by atoms with Gasteiger partial charge in [0.15, 0.2) is 5.96 Å². The molecule has 28 heavy (non-hydrogen) atoms. The molecule has 0 aliphatic carbocycles. The van der Waals surface area contributed by atoms with Gasteiger partial charge in [-0.3, -0.25) is 9.89 Å². The lowest BCUT2D eigenvalue weighted by Crippen LogP contribution is -2.39. The van der Waals surface area contributed by atoms with Gasteiger partial charge in [0.05, 0.1) is 0 Å². The van der Waals surface area contributed by atoms with Gasteiger partial charge in [-0.05, 0) is 66.0 Å². The van der Waals surface area contributed by atoms with Crippen LogP contribution >= 0.6 is 24.0 Å². The van der Waals surface area contributed by atoms with Crippen LogP contribution in [0.4, 0.5) is 5.82 Å². The summed E-state index contributed by atoms with van der Waals surface area (Å²) in [7, 11) is 0. The number of anilines is 1. The van der Waals surface area contributed by atoms with Gasteiger partial charge >= 0.3 is 0 Å². The Balaban J connectivity index is 0.00000729. The van der Waals surface area contributed by atoms with Crippen molar-refractivity contribution < 1.29 is 0 Å². The van der Waals surface area contributed by atoms with Crippen LogP contribution in [0.5, 0.6) is 0 Å². The highest BCUT2D eigenvalue weighted by atomic mass is 127. The third kappa shape index (κ3) is 12.4. The van der Waals surface area contributed by atoms with Crippen molar-refractivity contribution in [3.8, 4) is 0 Å². The summed E-state index contributed by atoms with van der Waals surface area (Å²) in [5, 5.41) is 10.1. The summed E-state index contributed by atoms with van der Waals surface area (Å²) < 4.78 is 0. The van der Waals surface area contributed by atoms with E-state index in [0.717, 1.165) is 63.8 Å². The van der Waals surface area contributed by atoms with Crippen LogP contribution in [0, 0.1) is 0 Å². The maximum Gasteiger partial charge on any atom is 0.191 e. The predicted octanol–water partition coefficient (Wildman–Crippen LogP) is 3.96. The average molecular weight is 505 g/mol. The van der Waals surface area contributed by atoms with E-state index < -0.39 is 0 Å². The van der Waals surface area contributed by atoms with Gasteiger partial charge in [-0.25, -0.2) is 4.98 Å². The maximum atomic E-state index is 4.71. The number of aliphatic imine (C=N–C) groups is 1. The van der Waals surface area contributed by atoms with E-state index in [0.29, 0.717) is 12.1 Å². The number of halogens is 1. The second-order valence-electron chi connectivity index (χ2n) is 7.32. The number of pyridine rings is 1. The molecule has 1 heterocycles. The standard InChI is InChI=1S/C21H40N6.HI/c1-6-22-21(26-16-11-17-27(18(2)3)19(4)5)25-15-10-9-14-24-20-12-7-8-13-23-20;/h7-8,12-13,18-19H,6,9-11,14-17H2,1-5H3,(H,23,24)(H2,22,25,26);1H. The molecule has 0 aromatic carbocycles. The summed E-state index contributed by atoms with van der Waals surface area (Å²) >= 11 is 0. The summed E-state index contributed by atoms with van der Waals surface area (Å²) in [5.41, 5.74) is 0. The van der Waals surface area contributed by atoms with Crippen molar-refractivity contribution in [3.63, 3.8) is 0 Å². The second-order valence-corrected chi connectivity index (χ2v) is 7.32. The number of unbranched alkanes of at least 4 members (excludes halogenated alkanes) is 1. The molecule has 0 spiro atoms. The van der Waals surface area contributed by atoms with Crippen LogP contribution < -0.4 is 16.0 Å². The predicted molar refractivity (Wildman–Crippen MR) is 133 cm³/mol. The first kappa shape index (κ1) is 26.9. The topological polar surface area (TPSA) is 64.6 Å². The van der Waals surface area contributed by atoms with Crippen LogP contribution in [0.3, 0.4) is 0 Å². The fourth-order valence-electron chi connectivity index (χ4n) is 3.04. The van der Waals surface area contributed by atoms with Crippen LogP contribution in [0.15, 0.2) is 29.4 Å². The number of nitrogens with one attached hydrogen (secondary N) is 3. The minimum Gasteiger partial charge on any atom is -0.370 e. The zero-order chi connectivity index (χ0) is 19.9. The monoisotopic (exact) mass is 504 g/mol. The lowest BCUT2D eigenvalue weighted by Gasteiger charge is -2.30. The van der Waals surface area contributed by atoms with E-state index in [2.05, 4.69) is 60.5 Å². The first-order valence-electron chi connectivity index (χ1n) is 10.5. The Morgan fingerprint density at radius 1 is 1.04 bits per heavy atom. The number of rotatable bonds is 13. The van der Waals surface area contributed by atoms with E-state index >= 15 is 0 Å². The number of aromatic nitrogens is 1. The highest BCUT2D eigenvalue weighted by molar-refractivity contribution is 14.0. The highest BCUT2D eigenvalue weighted by Crippen LogP contribution is 2.05. The van der Waals surface area contributed by atoms with Crippen molar-refractivity contribution in [2.24, 2.45) is 4.99 Å². The smallest absolute Gasteiger partial charge is 0.191 e. The quantitative estimate of drug-likeness (QED) is 0.164. The van der Waals surface area contributed by atoms with Crippen LogP contribution in [0.25, 0.3) is 0 Å². The summed E-state index contributed by atoms with van der Waals surface area (Å²) in [6.45, 7) is 15.9. The third-order valence-electron chi connectivity index (χ3n) is 4.38. The molecule has 7 heteroatoms. The summed E-state index contributed by atoms with van der Waals surface area (Å²) in [6.07, 6.45) is 5.09. The largest absolute Gasteiger partial charge is 0.370 e. The number of hydrogen-bond donors (Lipinski definition) is 3. The molecule has 162 valence electrons. The molecular formula is C21H41IN6. The van der Waals surface area contributed by atoms with Crippen molar-refractivity contribution >= 4 is 35.8 Å². The SMILES string of the molecule is CCNC(=NCCCN(C(C)C)C(C)C)NCCCCNc1ccccn1.I. The summed E-state index contributed by atoms with van der Waals surface area (Å²) in [6, 6.07) is 7.09. The Hall–Kier alpha value is -1.09. The molecule has 0 saturated carbocycles. The molecule has 1 aromatic rings. The summed E-state index contributed by atoms with van der Waals surface area (Å²) in [5.74, 6) is 1.87. The van der Waals surface area contributed by atoms with Gasteiger partial charge in [0.25, 0.3) is 0 Å². The van der Waals surface area contributed by atoms with Gasteiger partial charge in [0, 0.05) is 51.0 Å². The lowest BCUT2D eigenvalue weighted by molar-refractivity contribution is 0.174. The highest BCUT2D eigenvalue weighted by Gasteiger charge is 2.12. The fraction of sp³-hybridized carbons (Fsp3) is 0.714. The molecule has 1 rings (SSSR count). The Bertz CT molecular complexity index is 499. The van der Waals surface area contributed by atoms with E-state index in [1.54, 1.807) is 0 Å². The first-order chi connectivity index (χ1) is 13.0. The van der Waals surface area contributed by atoms with Gasteiger partial charge in [0.1, 0.15) is 5.82 Å². The van der Waals surface area contributed by atoms with E-state index in [9.17, 15) is 0 Å². The van der Waals surface area contributed by atoms with Crippen LogP contribution in [-0.4, -0.2) is 60.7 Å². The molecule has 0 aliphatic rings. The molecule has 0 bridgehead atoms. The van der Waals surface area contributed by atoms with E-state index in [1.165, 1.54) is 0 Å². The van der Waals surface area contributed by atoms with Crippen LogP contribution in [0.2, 0.25) is 0 Å². The van der Waals surface area contributed by atoms with Crippen molar-refractivity contribution in [2.75, 3.05) is 38.0 Å². The molecule has 0 saturated heterocycles. The Kier molecular flexibility index (Phi) is 16.2. The van der Waals surface area contributed by atoms with Crippen LogP contribution in [-0.2, 0) is 0 Å². The first-order valence-corrected chi connectivity index (χ1v) is 10.5. The molecule has 1 aromatic heterocycles. The van der Waals surface area contributed by atoms with E-state index in [-0.39, 0.29) is 24.0 Å². The molecule has 0 aliphatic heterocycles.